The fraction of sp³-hybridized carbons (Fsp3) is 0.429. The highest BCUT2D eigenvalue weighted by Crippen LogP contribution is 2.25. The van der Waals surface area contributed by atoms with E-state index in [0.29, 0.717) is 30.3 Å². The van der Waals surface area contributed by atoms with E-state index in [1.54, 1.807) is 12.1 Å². The largest absolute Gasteiger partial charge is 0.368 e. The molecule has 0 aliphatic carbocycles. The summed E-state index contributed by atoms with van der Waals surface area (Å²) < 4.78 is 13.0. The third-order valence-corrected chi connectivity index (χ3v) is 3.79. The Hall–Kier alpha value is -2.63. The van der Waals surface area contributed by atoms with Gasteiger partial charge in [-0.3, -0.25) is 4.79 Å². The van der Waals surface area contributed by atoms with Crippen LogP contribution >= 0.6 is 0 Å². The fourth-order valence-corrected chi connectivity index (χ4v) is 2.51. The van der Waals surface area contributed by atoms with Crippen LogP contribution in [0.2, 0.25) is 0 Å². The minimum atomic E-state index is -0.252. The second-order valence-electron chi connectivity index (χ2n) is 7.79. The summed E-state index contributed by atoms with van der Waals surface area (Å²) in [6.45, 7) is 9.46. The van der Waals surface area contributed by atoms with Crippen LogP contribution in [0.3, 0.4) is 0 Å². The van der Waals surface area contributed by atoms with E-state index >= 15 is 0 Å². The number of pyridine rings is 1. The zero-order valence-electron chi connectivity index (χ0n) is 16.5. The number of amides is 1. The van der Waals surface area contributed by atoms with Gasteiger partial charge in [-0.15, -0.1) is 0 Å². The Morgan fingerprint density at radius 2 is 1.78 bits per heavy atom. The maximum atomic E-state index is 13.0. The van der Waals surface area contributed by atoms with Gasteiger partial charge in [0, 0.05) is 19.5 Å². The Bertz CT molecular complexity index is 754. The van der Waals surface area contributed by atoms with E-state index in [4.69, 9.17) is 0 Å². The molecule has 27 heavy (non-hydrogen) atoms. The molecule has 6 heteroatoms. The number of nitrogens with zero attached hydrogens (tertiary/aromatic N) is 1. The van der Waals surface area contributed by atoms with E-state index < -0.39 is 0 Å². The zero-order chi connectivity index (χ0) is 19.9. The van der Waals surface area contributed by atoms with Crippen LogP contribution in [-0.4, -0.2) is 17.4 Å². The van der Waals surface area contributed by atoms with Crippen LogP contribution < -0.4 is 16.0 Å². The number of nitrogens with one attached hydrogen (secondary N) is 3. The molecule has 0 saturated heterocycles. The zero-order valence-corrected chi connectivity index (χ0v) is 16.5. The second-order valence-corrected chi connectivity index (χ2v) is 7.79. The molecule has 0 radical (unpaired) electrons. The van der Waals surface area contributed by atoms with Gasteiger partial charge in [-0.2, -0.15) is 0 Å². The molecule has 0 spiro atoms. The smallest absolute Gasteiger partial charge is 0.224 e. The molecule has 2 rings (SSSR count). The highest BCUT2D eigenvalue weighted by molar-refractivity contribution is 5.94. The molecule has 0 aliphatic heterocycles. The monoisotopic (exact) mass is 372 g/mol. The maximum absolute atomic E-state index is 13.0. The molecule has 0 aliphatic rings. The van der Waals surface area contributed by atoms with Crippen molar-refractivity contribution in [2.75, 3.05) is 22.5 Å². The Kier molecular flexibility index (Phi) is 7.16. The van der Waals surface area contributed by atoms with Crippen molar-refractivity contribution in [2.45, 2.75) is 47.1 Å². The average Bonchev–Trinajstić information content (AvgIpc) is 2.59. The first-order chi connectivity index (χ1) is 12.8. The summed E-state index contributed by atoms with van der Waals surface area (Å²) in [5.41, 5.74) is 1.56. The molecule has 3 N–H and O–H groups in total. The Balaban J connectivity index is 2.08. The number of halogens is 1. The van der Waals surface area contributed by atoms with Crippen LogP contribution in [0.5, 0.6) is 0 Å². The lowest BCUT2D eigenvalue weighted by molar-refractivity contribution is -0.117. The SMILES string of the molecule is CCCNc1nc(NCc2ccc(F)cc2)ccc1NC(=O)CC(C)(C)C. The van der Waals surface area contributed by atoms with E-state index in [2.05, 4.69) is 27.9 Å². The fourth-order valence-electron chi connectivity index (χ4n) is 2.51. The van der Waals surface area contributed by atoms with Gasteiger partial charge in [0.25, 0.3) is 0 Å². The Labute approximate surface area is 160 Å². The van der Waals surface area contributed by atoms with Crippen LogP contribution in [0.4, 0.5) is 21.7 Å². The number of hydrogen-bond acceptors (Lipinski definition) is 4. The predicted octanol–water partition coefficient (Wildman–Crippen LogP) is 5.03. The molecule has 0 saturated carbocycles. The van der Waals surface area contributed by atoms with Gasteiger partial charge in [0.1, 0.15) is 11.6 Å². The quantitative estimate of drug-likeness (QED) is 0.608. The molecule has 0 unspecified atom stereocenters. The molecule has 1 aromatic carbocycles. The minimum absolute atomic E-state index is 0.0316. The van der Waals surface area contributed by atoms with Crippen molar-refractivity contribution in [2.24, 2.45) is 5.41 Å². The molecule has 1 amide bonds. The minimum Gasteiger partial charge on any atom is -0.368 e. The molecule has 2 aromatic rings. The summed E-state index contributed by atoms with van der Waals surface area (Å²) in [5, 5.41) is 9.44. The van der Waals surface area contributed by atoms with Crippen molar-refractivity contribution in [1.82, 2.24) is 4.98 Å². The van der Waals surface area contributed by atoms with Gasteiger partial charge >= 0.3 is 0 Å². The van der Waals surface area contributed by atoms with Gasteiger partial charge in [0.15, 0.2) is 5.82 Å². The van der Waals surface area contributed by atoms with Crippen LogP contribution in [0.25, 0.3) is 0 Å². The third kappa shape index (κ3) is 7.25. The van der Waals surface area contributed by atoms with Gasteiger partial charge in [0.05, 0.1) is 5.69 Å². The molecule has 146 valence electrons. The number of carbonyl (C=O) groups is 1. The first kappa shape index (κ1) is 20.7. The van der Waals surface area contributed by atoms with Crippen molar-refractivity contribution in [3.63, 3.8) is 0 Å². The van der Waals surface area contributed by atoms with Crippen molar-refractivity contribution >= 4 is 23.2 Å². The molecule has 0 bridgehead atoms. The molecule has 5 nitrogen and oxygen atoms in total. The van der Waals surface area contributed by atoms with Crippen LogP contribution in [0.15, 0.2) is 36.4 Å². The highest BCUT2D eigenvalue weighted by atomic mass is 19.1. The summed E-state index contributed by atoms with van der Waals surface area (Å²) in [5.74, 6) is 1.05. The Morgan fingerprint density at radius 1 is 1.07 bits per heavy atom. The summed E-state index contributed by atoms with van der Waals surface area (Å²) >= 11 is 0. The first-order valence-corrected chi connectivity index (χ1v) is 9.30. The van der Waals surface area contributed by atoms with Gasteiger partial charge in [0.2, 0.25) is 5.91 Å². The number of rotatable bonds is 8. The van der Waals surface area contributed by atoms with Crippen molar-refractivity contribution < 1.29 is 9.18 Å². The molecule has 1 aromatic heterocycles. The van der Waals surface area contributed by atoms with Gasteiger partial charge in [-0.1, -0.05) is 39.8 Å². The summed E-state index contributed by atoms with van der Waals surface area (Å²) in [6.07, 6.45) is 1.38. The first-order valence-electron chi connectivity index (χ1n) is 9.30. The molecule has 0 fully saturated rings. The lowest BCUT2D eigenvalue weighted by atomic mass is 9.92. The summed E-state index contributed by atoms with van der Waals surface area (Å²) in [7, 11) is 0. The van der Waals surface area contributed by atoms with Crippen molar-refractivity contribution in [1.29, 1.82) is 0 Å². The van der Waals surface area contributed by atoms with E-state index in [1.807, 2.05) is 32.9 Å². The highest BCUT2D eigenvalue weighted by Gasteiger charge is 2.17. The van der Waals surface area contributed by atoms with E-state index in [0.717, 1.165) is 18.5 Å². The molecular formula is C21H29FN4O. The maximum Gasteiger partial charge on any atom is 0.224 e. The molecule has 0 atom stereocenters. The number of carbonyl (C=O) groups excluding carboxylic acids is 1. The number of anilines is 3. The van der Waals surface area contributed by atoms with Gasteiger partial charge in [-0.25, -0.2) is 9.37 Å². The van der Waals surface area contributed by atoms with Crippen LogP contribution in [0, 0.1) is 11.2 Å². The number of aromatic nitrogens is 1. The van der Waals surface area contributed by atoms with Crippen molar-refractivity contribution in [3.05, 3.63) is 47.8 Å². The third-order valence-electron chi connectivity index (χ3n) is 3.79. The normalized spacial score (nSPS) is 11.1. The Morgan fingerprint density at radius 3 is 2.41 bits per heavy atom. The number of hydrogen-bond donors (Lipinski definition) is 3. The standard InChI is InChI=1S/C21H29FN4O/c1-5-12-23-20-17(25-19(27)13-21(2,3)4)10-11-18(26-20)24-14-15-6-8-16(22)9-7-15/h6-11H,5,12-14H2,1-4H3,(H,25,27)(H2,23,24,26). The number of benzene rings is 1. The molecule has 1 heterocycles. The van der Waals surface area contributed by atoms with E-state index in [9.17, 15) is 9.18 Å². The summed E-state index contributed by atoms with van der Waals surface area (Å²) in [6, 6.07) is 10.0. The molecular weight excluding hydrogens is 343 g/mol. The predicted molar refractivity (Wildman–Crippen MR) is 109 cm³/mol. The van der Waals surface area contributed by atoms with Gasteiger partial charge in [-0.05, 0) is 41.7 Å². The van der Waals surface area contributed by atoms with E-state index in [-0.39, 0.29) is 17.1 Å². The average molecular weight is 372 g/mol. The lowest BCUT2D eigenvalue weighted by Crippen LogP contribution is -2.21. The van der Waals surface area contributed by atoms with Crippen LogP contribution in [-0.2, 0) is 11.3 Å². The van der Waals surface area contributed by atoms with E-state index in [1.165, 1.54) is 12.1 Å². The summed E-state index contributed by atoms with van der Waals surface area (Å²) in [4.78, 5) is 16.8. The van der Waals surface area contributed by atoms with Crippen LogP contribution in [0.1, 0.15) is 46.1 Å². The van der Waals surface area contributed by atoms with Crippen molar-refractivity contribution in [3.8, 4) is 0 Å². The second kappa shape index (κ2) is 9.35. The topological polar surface area (TPSA) is 66.1 Å². The van der Waals surface area contributed by atoms with Gasteiger partial charge < -0.3 is 16.0 Å². The lowest BCUT2D eigenvalue weighted by Gasteiger charge is -2.19.